The van der Waals surface area contributed by atoms with Gasteiger partial charge >= 0.3 is 0 Å². The van der Waals surface area contributed by atoms with Gasteiger partial charge in [0.25, 0.3) is 0 Å². The second kappa shape index (κ2) is 8.59. The fourth-order valence-electron chi connectivity index (χ4n) is 2.60. The van der Waals surface area contributed by atoms with E-state index in [1.54, 1.807) is 0 Å². The number of pyridine rings is 1. The zero-order valence-corrected chi connectivity index (χ0v) is 14.6. The van der Waals surface area contributed by atoms with Gasteiger partial charge in [0.05, 0.1) is 13.2 Å². The van der Waals surface area contributed by atoms with Gasteiger partial charge in [-0.15, -0.1) is 0 Å². The second-order valence-electron chi connectivity index (χ2n) is 5.39. The molecule has 0 aliphatic carbocycles. The Morgan fingerprint density at radius 2 is 1.95 bits per heavy atom. The van der Waals surface area contributed by atoms with E-state index in [1.807, 2.05) is 6.20 Å². The Balaban J connectivity index is 2.16. The average Bonchev–Trinajstić information content (AvgIpc) is 2.50. The average molecular weight is 357 g/mol. The maximum Gasteiger partial charge on any atom is 0.237 e. The molecule has 0 saturated carbocycles. The van der Waals surface area contributed by atoms with Gasteiger partial charge in [-0.1, -0.05) is 26.7 Å². The first-order valence-corrected chi connectivity index (χ1v) is 8.68. The third kappa shape index (κ3) is 4.85. The first-order chi connectivity index (χ1) is 10.2. The molecule has 1 aromatic heterocycles. The zero-order chi connectivity index (χ0) is 15.1. The molecule has 0 bridgehead atoms. The van der Waals surface area contributed by atoms with Crippen LogP contribution in [0.1, 0.15) is 39.5 Å². The van der Waals surface area contributed by atoms with E-state index in [4.69, 9.17) is 9.47 Å². The van der Waals surface area contributed by atoms with E-state index in [0.717, 1.165) is 68.0 Å². The second-order valence-corrected chi connectivity index (χ2v) is 6.31. The number of morpholine rings is 1. The highest BCUT2D eigenvalue weighted by molar-refractivity contribution is 9.10. The summed E-state index contributed by atoms with van der Waals surface area (Å²) in [5.74, 6) is 0.756. The Hall–Kier alpha value is -0.810. The van der Waals surface area contributed by atoms with E-state index in [1.165, 1.54) is 0 Å². The molecular weight excluding hydrogens is 332 g/mol. The van der Waals surface area contributed by atoms with Crippen molar-refractivity contribution in [3.8, 4) is 5.88 Å². The third-order valence-electron chi connectivity index (χ3n) is 3.65. The molecule has 1 aliphatic rings. The quantitative estimate of drug-likeness (QED) is 0.738. The minimum Gasteiger partial charge on any atom is -0.473 e. The first-order valence-electron chi connectivity index (χ1n) is 7.89. The van der Waals surface area contributed by atoms with Gasteiger partial charge in [0.15, 0.2) is 0 Å². The normalized spacial score (nSPS) is 15.5. The molecule has 5 heteroatoms. The van der Waals surface area contributed by atoms with Gasteiger partial charge in [0.1, 0.15) is 11.8 Å². The van der Waals surface area contributed by atoms with Crippen molar-refractivity contribution >= 4 is 21.6 Å². The van der Waals surface area contributed by atoms with E-state index in [-0.39, 0.29) is 6.10 Å². The zero-order valence-electron chi connectivity index (χ0n) is 13.0. The minimum absolute atomic E-state index is 0.258. The lowest BCUT2D eigenvalue weighted by atomic mass is 10.1. The van der Waals surface area contributed by atoms with Crippen LogP contribution in [0.3, 0.4) is 0 Å². The van der Waals surface area contributed by atoms with Gasteiger partial charge < -0.3 is 14.4 Å². The van der Waals surface area contributed by atoms with Crippen LogP contribution in [0.25, 0.3) is 0 Å². The van der Waals surface area contributed by atoms with Crippen LogP contribution < -0.4 is 9.64 Å². The van der Waals surface area contributed by atoms with Crippen LogP contribution in [0.15, 0.2) is 16.7 Å². The third-order valence-corrected chi connectivity index (χ3v) is 4.08. The van der Waals surface area contributed by atoms with Crippen molar-refractivity contribution < 1.29 is 9.47 Å². The maximum absolute atomic E-state index is 6.22. The molecule has 0 spiro atoms. The van der Waals surface area contributed by atoms with E-state index >= 15 is 0 Å². The number of hydrogen-bond acceptors (Lipinski definition) is 4. The Labute approximate surface area is 136 Å². The summed E-state index contributed by atoms with van der Waals surface area (Å²) in [7, 11) is 0. The smallest absolute Gasteiger partial charge is 0.237 e. The summed E-state index contributed by atoms with van der Waals surface area (Å²) in [6, 6.07) is 2.10. The molecule has 21 heavy (non-hydrogen) atoms. The number of hydrogen-bond donors (Lipinski definition) is 0. The first kappa shape index (κ1) is 16.6. The highest BCUT2D eigenvalue weighted by Crippen LogP contribution is 2.31. The molecule has 2 rings (SSSR count). The lowest BCUT2D eigenvalue weighted by molar-refractivity contribution is 0.121. The lowest BCUT2D eigenvalue weighted by Crippen LogP contribution is -2.36. The molecule has 0 aromatic carbocycles. The summed E-state index contributed by atoms with van der Waals surface area (Å²) in [6.07, 6.45) is 6.49. The summed E-state index contributed by atoms with van der Waals surface area (Å²) in [5, 5.41) is 0. The molecule has 0 amide bonds. The summed E-state index contributed by atoms with van der Waals surface area (Å²) in [6.45, 7) is 7.70. The van der Waals surface area contributed by atoms with E-state index < -0.39 is 0 Å². The molecule has 0 radical (unpaired) electrons. The molecule has 0 N–H and O–H groups in total. The Morgan fingerprint density at radius 1 is 1.29 bits per heavy atom. The van der Waals surface area contributed by atoms with Crippen molar-refractivity contribution in [1.82, 2.24) is 4.98 Å². The van der Waals surface area contributed by atoms with Crippen LogP contribution in [0.5, 0.6) is 5.88 Å². The molecule has 1 aliphatic heterocycles. The fourth-order valence-corrected chi connectivity index (χ4v) is 2.92. The molecule has 0 atom stereocenters. The van der Waals surface area contributed by atoms with Gasteiger partial charge in [0.2, 0.25) is 5.88 Å². The summed E-state index contributed by atoms with van der Waals surface area (Å²) < 4.78 is 12.6. The number of halogens is 1. The van der Waals surface area contributed by atoms with Crippen LogP contribution in [-0.2, 0) is 4.74 Å². The van der Waals surface area contributed by atoms with Gasteiger partial charge in [0, 0.05) is 23.8 Å². The van der Waals surface area contributed by atoms with E-state index in [9.17, 15) is 0 Å². The van der Waals surface area contributed by atoms with Crippen LogP contribution in [0.2, 0.25) is 0 Å². The van der Waals surface area contributed by atoms with Crippen LogP contribution >= 0.6 is 15.9 Å². The molecule has 1 fully saturated rings. The standard InChI is InChI=1S/C16H25BrN2O2/c1-3-5-14(6-4-2)21-16-15(11-13(17)12-18-16)19-7-9-20-10-8-19/h11-12,14H,3-10H2,1-2H3. The highest BCUT2D eigenvalue weighted by atomic mass is 79.9. The van der Waals surface area contributed by atoms with Crippen LogP contribution in [0.4, 0.5) is 5.69 Å². The highest BCUT2D eigenvalue weighted by Gasteiger charge is 2.19. The lowest BCUT2D eigenvalue weighted by Gasteiger charge is -2.30. The van der Waals surface area contributed by atoms with E-state index in [0.29, 0.717) is 0 Å². The number of aromatic nitrogens is 1. The van der Waals surface area contributed by atoms with Gasteiger partial charge in [-0.25, -0.2) is 4.98 Å². The molecule has 2 heterocycles. The molecule has 1 saturated heterocycles. The van der Waals surface area contributed by atoms with Crippen LogP contribution in [0, 0.1) is 0 Å². The Kier molecular flexibility index (Phi) is 6.77. The van der Waals surface area contributed by atoms with Crippen molar-refractivity contribution in [3.63, 3.8) is 0 Å². The summed E-state index contributed by atoms with van der Waals surface area (Å²) in [5.41, 5.74) is 1.07. The topological polar surface area (TPSA) is 34.6 Å². The molecule has 1 aromatic rings. The predicted octanol–water partition coefficient (Wildman–Crippen LogP) is 4.03. The SMILES string of the molecule is CCCC(CCC)Oc1ncc(Br)cc1N1CCOCC1. The molecule has 118 valence electrons. The monoisotopic (exact) mass is 356 g/mol. The van der Waals surface area contributed by atoms with Crippen molar-refractivity contribution in [2.75, 3.05) is 31.2 Å². The Bertz CT molecular complexity index is 430. The summed E-state index contributed by atoms with van der Waals surface area (Å²) in [4.78, 5) is 6.80. The Morgan fingerprint density at radius 3 is 2.57 bits per heavy atom. The van der Waals surface area contributed by atoms with Gasteiger partial charge in [-0.3, -0.25) is 0 Å². The molecule has 0 unspecified atom stereocenters. The number of ether oxygens (including phenoxy) is 2. The summed E-state index contributed by atoms with van der Waals surface area (Å²) >= 11 is 3.51. The van der Waals surface area contributed by atoms with Crippen LogP contribution in [-0.4, -0.2) is 37.4 Å². The molecular formula is C16H25BrN2O2. The van der Waals surface area contributed by atoms with Crippen molar-refractivity contribution in [2.45, 2.75) is 45.6 Å². The van der Waals surface area contributed by atoms with Crippen molar-refractivity contribution in [1.29, 1.82) is 0 Å². The number of nitrogens with zero attached hydrogens (tertiary/aromatic N) is 2. The van der Waals surface area contributed by atoms with Crippen molar-refractivity contribution in [3.05, 3.63) is 16.7 Å². The van der Waals surface area contributed by atoms with Crippen molar-refractivity contribution in [2.24, 2.45) is 0 Å². The number of anilines is 1. The predicted molar refractivity (Wildman–Crippen MR) is 89.2 cm³/mol. The maximum atomic E-state index is 6.22. The molecule has 4 nitrogen and oxygen atoms in total. The van der Waals surface area contributed by atoms with Gasteiger partial charge in [-0.05, 0) is 34.8 Å². The van der Waals surface area contributed by atoms with Gasteiger partial charge in [-0.2, -0.15) is 0 Å². The number of rotatable bonds is 7. The minimum atomic E-state index is 0.258. The van der Waals surface area contributed by atoms with E-state index in [2.05, 4.69) is 45.7 Å². The fraction of sp³-hybridized carbons (Fsp3) is 0.688. The largest absolute Gasteiger partial charge is 0.473 e.